The Morgan fingerprint density at radius 3 is 1.69 bits per heavy atom. The summed E-state index contributed by atoms with van der Waals surface area (Å²) in [5.41, 5.74) is 4.31. The summed E-state index contributed by atoms with van der Waals surface area (Å²) in [4.78, 5) is 0. The summed E-state index contributed by atoms with van der Waals surface area (Å²) >= 11 is 0. The molecule has 2 nitrogen and oxygen atoms in total. The summed E-state index contributed by atoms with van der Waals surface area (Å²) < 4.78 is 5.23. The third-order valence-corrected chi connectivity index (χ3v) is 8.33. The van der Waals surface area contributed by atoms with E-state index in [1.54, 1.807) is 0 Å². The Balaban J connectivity index is 1.55. The lowest BCUT2D eigenvalue weighted by Crippen LogP contribution is -2.43. The highest BCUT2D eigenvalue weighted by molar-refractivity contribution is 5.21. The Hall–Kier alpha value is -2.35. The molecule has 214 valence electrons. The van der Waals surface area contributed by atoms with E-state index in [0.717, 1.165) is 19.4 Å². The second kappa shape index (κ2) is 18.1. The first-order valence-corrected chi connectivity index (χ1v) is 16.3. The van der Waals surface area contributed by atoms with E-state index in [1.165, 1.54) is 106 Å². The molecule has 0 aliphatic rings. The highest BCUT2D eigenvalue weighted by Crippen LogP contribution is 2.22. The average molecular weight is 530 g/mol. The molecule has 0 saturated carbocycles. The lowest BCUT2D eigenvalue weighted by Gasteiger charge is -2.13. The van der Waals surface area contributed by atoms with Gasteiger partial charge in [0, 0.05) is 6.42 Å². The molecule has 0 saturated heterocycles. The zero-order valence-corrected chi connectivity index (χ0v) is 25.7. The first kappa shape index (κ1) is 31.2. The van der Waals surface area contributed by atoms with Crippen molar-refractivity contribution in [3.05, 3.63) is 89.5 Å². The predicted octanol–water partition coefficient (Wildman–Crippen LogP) is 10.4. The summed E-state index contributed by atoms with van der Waals surface area (Å²) in [5, 5.41) is 0. The summed E-state index contributed by atoms with van der Waals surface area (Å²) in [7, 11) is 0. The molecule has 39 heavy (non-hydrogen) atoms. The molecule has 0 bridgehead atoms. The van der Waals surface area contributed by atoms with E-state index >= 15 is 0 Å². The summed E-state index contributed by atoms with van der Waals surface area (Å²) in [6.45, 7) is 10.5. The Morgan fingerprint density at radius 2 is 1.15 bits per heavy atom. The number of hydrogen-bond acceptors (Lipinski definition) is 0. The largest absolute Gasteiger partial charge is 0.261 e. The van der Waals surface area contributed by atoms with Gasteiger partial charge in [0.1, 0.15) is 11.9 Å². The average Bonchev–Trinajstić information content (AvgIpc) is 3.28. The van der Waals surface area contributed by atoms with Crippen molar-refractivity contribution >= 4 is 0 Å². The first-order valence-electron chi connectivity index (χ1n) is 16.3. The first-order chi connectivity index (χ1) is 19.1. The molecule has 2 heteroatoms. The second-order valence-corrected chi connectivity index (χ2v) is 12.1. The van der Waals surface area contributed by atoms with E-state index in [-0.39, 0.29) is 0 Å². The van der Waals surface area contributed by atoms with Gasteiger partial charge in [-0.25, -0.2) is 9.13 Å². The fourth-order valence-corrected chi connectivity index (χ4v) is 6.07. The molecule has 0 amide bonds. The monoisotopic (exact) mass is 529 g/mol. The highest BCUT2D eigenvalue weighted by atomic mass is 15.2. The van der Waals surface area contributed by atoms with Crippen LogP contribution in [-0.4, -0.2) is 4.57 Å². The van der Waals surface area contributed by atoms with Crippen molar-refractivity contribution in [3.8, 4) is 0 Å². The number of aromatic nitrogens is 2. The lowest BCUT2D eigenvalue weighted by molar-refractivity contribution is -0.729. The quantitative estimate of drug-likeness (QED) is 0.102. The summed E-state index contributed by atoms with van der Waals surface area (Å²) in [6.07, 6.45) is 22.8. The van der Waals surface area contributed by atoms with E-state index < -0.39 is 0 Å². The van der Waals surface area contributed by atoms with Gasteiger partial charge in [0.05, 0.1) is 19.0 Å². The minimum atomic E-state index is 0.453. The molecule has 1 unspecified atom stereocenters. The van der Waals surface area contributed by atoms with Crippen molar-refractivity contribution < 1.29 is 4.57 Å². The maximum atomic E-state index is 2.63. The van der Waals surface area contributed by atoms with Crippen molar-refractivity contribution in [2.45, 2.75) is 143 Å². The van der Waals surface area contributed by atoms with Crippen LogP contribution in [0.15, 0.2) is 66.9 Å². The van der Waals surface area contributed by atoms with Gasteiger partial charge in [0.15, 0.2) is 0 Å². The molecule has 0 N–H and O–H groups in total. The van der Waals surface area contributed by atoms with Crippen molar-refractivity contribution in [1.29, 1.82) is 0 Å². The Kier molecular flexibility index (Phi) is 14.5. The van der Waals surface area contributed by atoms with E-state index in [1.807, 2.05) is 0 Å². The van der Waals surface area contributed by atoms with Crippen LogP contribution in [0.1, 0.15) is 146 Å². The van der Waals surface area contributed by atoms with Crippen LogP contribution in [0, 0.1) is 0 Å². The van der Waals surface area contributed by atoms with Crippen LogP contribution in [0.3, 0.4) is 0 Å². The van der Waals surface area contributed by atoms with Crippen molar-refractivity contribution in [3.63, 3.8) is 0 Å². The van der Waals surface area contributed by atoms with Gasteiger partial charge < -0.3 is 0 Å². The Morgan fingerprint density at radius 1 is 0.641 bits per heavy atom. The van der Waals surface area contributed by atoms with Crippen LogP contribution in [0.25, 0.3) is 0 Å². The molecule has 1 aromatic heterocycles. The Labute approximate surface area is 240 Å². The van der Waals surface area contributed by atoms with Crippen LogP contribution in [0.2, 0.25) is 0 Å². The van der Waals surface area contributed by atoms with E-state index in [0.29, 0.717) is 12.0 Å². The van der Waals surface area contributed by atoms with E-state index in [2.05, 4.69) is 104 Å². The van der Waals surface area contributed by atoms with Gasteiger partial charge in [-0.05, 0) is 43.7 Å². The highest BCUT2D eigenvalue weighted by Gasteiger charge is 2.26. The van der Waals surface area contributed by atoms with Crippen molar-refractivity contribution in [2.75, 3.05) is 0 Å². The SMILES string of the molecule is CCCCCCCCCCCCCCCn1cc(CC(C)c2ccccc2)[n+](C(C)C)c1Cc1ccccc1. The van der Waals surface area contributed by atoms with Crippen LogP contribution >= 0.6 is 0 Å². The topological polar surface area (TPSA) is 8.81 Å². The maximum Gasteiger partial charge on any atom is 0.261 e. The van der Waals surface area contributed by atoms with Gasteiger partial charge >= 0.3 is 0 Å². The number of imidazole rings is 1. The molecule has 0 spiro atoms. The van der Waals surface area contributed by atoms with Crippen LogP contribution < -0.4 is 4.57 Å². The summed E-state index contributed by atoms with van der Waals surface area (Å²) in [5.74, 6) is 1.97. The third kappa shape index (κ3) is 11.0. The van der Waals surface area contributed by atoms with Gasteiger partial charge in [0.2, 0.25) is 0 Å². The standard InChI is InChI=1S/C37H57N2/c1-5-6-7-8-9-10-11-12-13-14-15-16-23-28-38-31-36(29-33(4)35-26-21-18-22-27-35)39(32(2)3)37(38)30-34-24-19-17-20-25-34/h17-22,24-27,31-33H,5-16,23,28-30H2,1-4H3/q+1. The number of hydrogen-bond donors (Lipinski definition) is 0. The molecule has 1 atom stereocenters. The number of unbranched alkanes of at least 4 members (excludes halogenated alkanes) is 12. The number of rotatable bonds is 20. The van der Waals surface area contributed by atoms with Gasteiger partial charge in [-0.15, -0.1) is 0 Å². The molecule has 0 fully saturated rings. The number of aryl methyl sites for hydroxylation is 1. The molecular formula is C37H57N2+. The second-order valence-electron chi connectivity index (χ2n) is 12.1. The summed E-state index contributed by atoms with van der Waals surface area (Å²) in [6, 6.07) is 22.5. The zero-order valence-electron chi connectivity index (χ0n) is 25.7. The maximum absolute atomic E-state index is 2.63. The van der Waals surface area contributed by atoms with Crippen molar-refractivity contribution in [1.82, 2.24) is 4.57 Å². The zero-order chi connectivity index (χ0) is 27.7. The smallest absolute Gasteiger partial charge is 0.234 e. The van der Waals surface area contributed by atoms with Crippen LogP contribution in [0.5, 0.6) is 0 Å². The van der Waals surface area contributed by atoms with Gasteiger partial charge in [-0.1, -0.05) is 145 Å². The van der Waals surface area contributed by atoms with Crippen LogP contribution in [0.4, 0.5) is 0 Å². The minimum absolute atomic E-state index is 0.453. The minimum Gasteiger partial charge on any atom is -0.234 e. The molecule has 3 rings (SSSR count). The molecule has 3 aromatic rings. The fraction of sp³-hybridized carbons (Fsp3) is 0.595. The predicted molar refractivity (Wildman–Crippen MR) is 169 cm³/mol. The molecular weight excluding hydrogens is 472 g/mol. The van der Waals surface area contributed by atoms with Gasteiger partial charge in [-0.3, -0.25) is 0 Å². The molecule has 0 radical (unpaired) electrons. The Bertz CT molecular complexity index is 1020. The number of benzene rings is 2. The normalized spacial score (nSPS) is 12.3. The molecule has 0 aliphatic heterocycles. The molecule has 1 heterocycles. The fourth-order valence-electron chi connectivity index (χ4n) is 6.07. The van der Waals surface area contributed by atoms with E-state index in [9.17, 15) is 0 Å². The number of nitrogens with zero attached hydrogens (tertiary/aromatic N) is 2. The van der Waals surface area contributed by atoms with Gasteiger partial charge in [0.25, 0.3) is 5.82 Å². The third-order valence-electron chi connectivity index (χ3n) is 8.33. The van der Waals surface area contributed by atoms with Crippen LogP contribution in [-0.2, 0) is 19.4 Å². The molecule has 0 aliphatic carbocycles. The van der Waals surface area contributed by atoms with Gasteiger partial charge in [-0.2, -0.15) is 0 Å². The molecule has 2 aromatic carbocycles. The lowest BCUT2D eigenvalue weighted by atomic mass is 9.96. The van der Waals surface area contributed by atoms with Crippen molar-refractivity contribution in [2.24, 2.45) is 0 Å². The van der Waals surface area contributed by atoms with E-state index in [4.69, 9.17) is 0 Å².